The molecule has 5 nitrogen and oxygen atoms in total. The molecule has 0 bridgehead atoms. The van der Waals surface area contributed by atoms with E-state index in [1.165, 1.54) is 5.56 Å². The predicted molar refractivity (Wildman–Crippen MR) is 85.7 cm³/mol. The van der Waals surface area contributed by atoms with Gasteiger partial charge in [-0.25, -0.2) is 4.98 Å². The molecule has 114 valence electrons. The molecule has 1 atom stereocenters. The Balaban J connectivity index is 1.90. The lowest BCUT2D eigenvalue weighted by atomic mass is 10.2. The smallest absolute Gasteiger partial charge is 0.323 e. The lowest BCUT2D eigenvalue weighted by molar-refractivity contribution is -0.145. The number of likely N-dealkylation sites (N-methyl/N-ethyl adjacent to an activating group) is 1. The molecule has 6 heteroatoms. The zero-order valence-corrected chi connectivity index (χ0v) is 13.4. The van der Waals surface area contributed by atoms with Crippen LogP contribution in [0.2, 0.25) is 0 Å². The molecule has 21 heavy (non-hydrogen) atoms. The lowest BCUT2D eigenvalue weighted by Crippen LogP contribution is -2.36. The maximum Gasteiger partial charge on any atom is 0.323 e. The number of esters is 1. The van der Waals surface area contributed by atoms with E-state index in [0.29, 0.717) is 13.0 Å². The van der Waals surface area contributed by atoms with E-state index in [2.05, 4.69) is 34.3 Å². The molecule has 1 heterocycles. The average molecular weight is 307 g/mol. The second-order valence-corrected chi connectivity index (χ2v) is 5.88. The van der Waals surface area contributed by atoms with E-state index >= 15 is 0 Å². The van der Waals surface area contributed by atoms with E-state index in [4.69, 9.17) is 4.74 Å². The van der Waals surface area contributed by atoms with Gasteiger partial charge in [-0.2, -0.15) is 0 Å². The van der Waals surface area contributed by atoms with Gasteiger partial charge in [0.25, 0.3) is 0 Å². The summed E-state index contributed by atoms with van der Waals surface area (Å²) >= 11 is 1.62. The molecule has 0 fully saturated rings. The number of imidazole rings is 1. The Morgan fingerprint density at radius 3 is 3.05 bits per heavy atom. The van der Waals surface area contributed by atoms with Gasteiger partial charge in [0.05, 0.1) is 17.6 Å². The number of carbonyl (C=O) groups excluding carboxylic acids is 1. The molecule has 0 radical (unpaired) electrons. The van der Waals surface area contributed by atoms with Crippen LogP contribution in [0.1, 0.15) is 18.9 Å². The number of hydrogen-bond acceptors (Lipinski definition) is 5. The van der Waals surface area contributed by atoms with Crippen LogP contribution in [0.3, 0.4) is 0 Å². The van der Waals surface area contributed by atoms with E-state index in [1.54, 1.807) is 18.8 Å². The van der Waals surface area contributed by atoms with Crippen LogP contribution in [0.4, 0.5) is 0 Å². The van der Waals surface area contributed by atoms with E-state index < -0.39 is 0 Å². The molecule has 2 rings (SSSR count). The number of aromatic nitrogens is 2. The molecule has 1 aromatic heterocycles. The summed E-state index contributed by atoms with van der Waals surface area (Å²) in [6.07, 6.45) is 0.704. The number of aromatic amines is 1. The van der Waals surface area contributed by atoms with Crippen LogP contribution >= 0.6 is 11.8 Å². The molecule has 2 N–H and O–H groups in total. The largest absolute Gasteiger partial charge is 0.465 e. The second kappa shape index (κ2) is 7.47. The van der Waals surface area contributed by atoms with Crippen molar-refractivity contribution in [1.29, 1.82) is 0 Å². The molecule has 0 spiro atoms. The van der Waals surface area contributed by atoms with Gasteiger partial charge in [0.2, 0.25) is 0 Å². The van der Waals surface area contributed by atoms with E-state index in [-0.39, 0.29) is 12.0 Å². The third kappa shape index (κ3) is 4.22. The standard InChI is InChI=1S/C15H21N3O2S/c1-4-20-14(19)12(16-3)7-8-21-15-17-11-6-5-10(2)9-13(11)18-15/h5-6,9,12,16H,4,7-8H2,1-3H3,(H,17,18). The zero-order chi connectivity index (χ0) is 15.2. The Labute approximate surface area is 128 Å². The summed E-state index contributed by atoms with van der Waals surface area (Å²) in [6, 6.07) is 5.89. The van der Waals surface area contributed by atoms with Crippen LogP contribution in [0.25, 0.3) is 11.0 Å². The van der Waals surface area contributed by atoms with Crippen molar-refractivity contribution in [2.24, 2.45) is 0 Å². The normalized spacial score (nSPS) is 12.5. The highest BCUT2D eigenvalue weighted by molar-refractivity contribution is 7.99. The van der Waals surface area contributed by atoms with Crippen molar-refractivity contribution in [2.75, 3.05) is 19.4 Å². The molecule has 0 amide bonds. The number of hydrogen-bond donors (Lipinski definition) is 2. The van der Waals surface area contributed by atoms with Gasteiger partial charge >= 0.3 is 5.97 Å². The number of carbonyl (C=O) groups is 1. The molecule has 0 saturated heterocycles. The number of thioether (sulfide) groups is 1. The Kier molecular flexibility index (Phi) is 5.64. The maximum atomic E-state index is 11.7. The summed E-state index contributed by atoms with van der Waals surface area (Å²) in [7, 11) is 1.77. The van der Waals surface area contributed by atoms with Gasteiger partial charge in [-0.1, -0.05) is 17.8 Å². The number of ether oxygens (including phenoxy) is 1. The minimum Gasteiger partial charge on any atom is -0.465 e. The summed E-state index contributed by atoms with van der Waals surface area (Å²) < 4.78 is 5.02. The Morgan fingerprint density at radius 2 is 2.33 bits per heavy atom. The second-order valence-electron chi connectivity index (χ2n) is 4.79. The van der Waals surface area contributed by atoms with E-state index in [0.717, 1.165) is 21.9 Å². The van der Waals surface area contributed by atoms with Crippen LogP contribution < -0.4 is 5.32 Å². The minimum atomic E-state index is -0.260. The number of aryl methyl sites for hydroxylation is 1. The van der Waals surface area contributed by atoms with Crippen LogP contribution in [-0.4, -0.2) is 41.4 Å². The highest BCUT2D eigenvalue weighted by Crippen LogP contribution is 2.21. The zero-order valence-electron chi connectivity index (χ0n) is 12.6. The maximum absolute atomic E-state index is 11.7. The van der Waals surface area contributed by atoms with Crippen molar-refractivity contribution in [1.82, 2.24) is 15.3 Å². The van der Waals surface area contributed by atoms with Crippen LogP contribution in [0.5, 0.6) is 0 Å². The number of H-pyrrole nitrogens is 1. The summed E-state index contributed by atoms with van der Waals surface area (Å²) in [5.74, 6) is 0.601. The summed E-state index contributed by atoms with van der Waals surface area (Å²) in [4.78, 5) is 19.5. The van der Waals surface area contributed by atoms with Crippen molar-refractivity contribution in [3.05, 3.63) is 23.8 Å². The van der Waals surface area contributed by atoms with Gasteiger partial charge in [0.1, 0.15) is 6.04 Å². The van der Waals surface area contributed by atoms with Crippen molar-refractivity contribution in [2.45, 2.75) is 31.5 Å². The van der Waals surface area contributed by atoms with Crippen LogP contribution in [0.15, 0.2) is 23.4 Å². The van der Waals surface area contributed by atoms with Crippen molar-refractivity contribution in [3.8, 4) is 0 Å². The van der Waals surface area contributed by atoms with Crippen molar-refractivity contribution >= 4 is 28.8 Å². The van der Waals surface area contributed by atoms with Gasteiger partial charge in [-0.05, 0) is 45.0 Å². The monoisotopic (exact) mass is 307 g/mol. The molecule has 1 aromatic carbocycles. The van der Waals surface area contributed by atoms with Gasteiger partial charge < -0.3 is 15.0 Å². The highest BCUT2D eigenvalue weighted by atomic mass is 32.2. The van der Waals surface area contributed by atoms with Gasteiger partial charge in [0.15, 0.2) is 5.16 Å². The summed E-state index contributed by atoms with van der Waals surface area (Å²) in [6.45, 7) is 4.28. The summed E-state index contributed by atoms with van der Waals surface area (Å²) in [5.41, 5.74) is 3.23. The number of benzene rings is 1. The van der Waals surface area contributed by atoms with Gasteiger partial charge in [-0.3, -0.25) is 4.79 Å². The SMILES string of the molecule is CCOC(=O)C(CCSc1nc2ccc(C)cc2[nH]1)NC. The fourth-order valence-electron chi connectivity index (χ4n) is 2.06. The average Bonchev–Trinajstić information content (AvgIpc) is 2.85. The molecule has 0 aliphatic rings. The topological polar surface area (TPSA) is 67.0 Å². The number of rotatable bonds is 7. The van der Waals surface area contributed by atoms with Crippen LogP contribution in [-0.2, 0) is 9.53 Å². The molecule has 1 unspecified atom stereocenters. The van der Waals surface area contributed by atoms with Gasteiger partial charge in [0, 0.05) is 5.75 Å². The molecule has 2 aromatic rings. The van der Waals surface area contributed by atoms with Crippen molar-refractivity contribution in [3.63, 3.8) is 0 Å². The van der Waals surface area contributed by atoms with Crippen LogP contribution in [0, 0.1) is 6.92 Å². The first-order valence-corrected chi connectivity index (χ1v) is 8.05. The molecule has 0 aliphatic carbocycles. The number of fused-ring (bicyclic) bond motifs is 1. The predicted octanol–water partition coefficient (Wildman–Crippen LogP) is 2.50. The first-order chi connectivity index (χ1) is 10.1. The van der Waals surface area contributed by atoms with E-state index in [1.807, 2.05) is 13.0 Å². The number of nitrogens with one attached hydrogen (secondary N) is 2. The summed E-state index contributed by atoms with van der Waals surface area (Å²) in [5, 5.41) is 3.87. The Bertz CT molecular complexity index is 612. The van der Waals surface area contributed by atoms with Crippen molar-refractivity contribution < 1.29 is 9.53 Å². The quantitative estimate of drug-likeness (QED) is 0.608. The van der Waals surface area contributed by atoms with E-state index in [9.17, 15) is 4.79 Å². The fourth-order valence-corrected chi connectivity index (χ4v) is 2.96. The molecule has 0 aliphatic heterocycles. The highest BCUT2D eigenvalue weighted by Gasteiger charge is 2.17. The molecule has 0 saturated carbocycles. The number of nitrogens with zero attached hydrogens (tertiary/aromatic N) is 1. The first-order valence-electron chi connectivity index (χ1n) is 7.07. The Hall–Kier alpha value is -1.53. The fraction of sp³-hybridized carbons (Fsp3) is 0.467. The molecular formula is C15H21N3O2S. The third-order valence-electron chi connectivity index (χ3n) is 3.18. The molecular weight excluding hydrogens is 286 g/mol. The lowest BCUT2D eigenvalue weighted by Gasteiger charge is -2.13. The first kappa shape index (κ1) is 15.9. The third-order valence-corrected chi connectivity index (χ3v) is 4.09. The Morgan fingerprint density at radius 1 is 1.52 bits per heavy atom. The van der Waals surface area contributed by atoms with Gasteiger partial charge in [-0.15, -0.1) is 0 Å². The minimum absolute atomic E-state index is 0.194.